The summed E-state index contributed by atoms with van der Waals surface area (Å²) in [5, 5.41) is 8.02. The van der Waals surface area contributed by atoms with Crippen LogP contribution in [0.25, 0.3) is 0 Å². The molecule has 9 heteroatoms. The first kappa shape index (κ1) is 28.8. The second kappa shape index (κ2) is 14.0. The van der Waals surface area contributed by atoms with Crippen molar-refractivity contribution in [1.29, 1.82) is 0 Å². The maximum Gasteiger partial charge on any atom is 0.408 e. The first-order valence-electron chi connectivity index (χ1n) is 11.1. The molecule has 9 nitrogen and oxygen atoms in total. The first-order valence-corrected chi connectivity index (χ1v) is 11.1. The molecule has 0 saturated heterocycles. The van der Waals surface area contributed by atoms with Crippen molar-refractivity contribution in [1.82, 2.24) is 16.0 Å². The molecule has 0 spiro atoms. The van der Waals surface area contributed by atoms with E-state index in [-0.39, 0.29) is 11.8 Å². The Bertz CT molecular complexity index is 587. The van der Waals surface area contributed by atoms with E-state index >= 15 is 0 Å². The van der Waals surface area contributed by atoms with Crippen LogP contribution in [-0.4, -0.2) is 54.5 Å². The molecule has 180 valence electrons. The van der Waals surface area contributed by atoms with E-state index in [4.69, 9.17) is 10.5 Å². The van der Waals surface area contributed by atoms with Crippen LogP contribution in [0, 0.1) is 11.8 Å². The van der Waals surface area contributed by atoms with Gasteiger partial charge in [0.15, 0.2) is 0 Å². The van der Waals surface area contributed by atoms with Crippen molar-refractivity contribution in [3.05, 3.63) is 0 Å². The number of carbonyl (C=O) groups is 4. The maximum atomic E-state index is 12.9. The van der Waals surface area contributed by atoms with Gasteiger partial charge < -0.3 is 31.2 Å². The molecular formula is C22H42N4O5. The van der Waals surface area contributed by atoms with Crippen LogP contribution in [0.1, 0.15) is 74.1 Å². The van der Waals surface area contributed by atoms with E-state index in [9.17, 15) is 19.2 Å². The Kier molecular flexibility index (Phi) is 13.0. The Morgan fingerprint density at radius 2 is 1.58 bits per heavy atom. The summed E-state index contributed by atoms with van der Waals surface area (Å²) in [7, 11) is 0. The largest absolute Gasteiger partial charge is 0.444 e. The maximum absolute atomic E-state index is 12.9. The fourth-order valence-electron chi connectivity index (χ4n) is 2.90. The molecule has 0 fully saturated rings. The molecule has 0 saturated carbocycles. The molecule has 0 radical (unpaired) electrons. The van der Waals surface area contributed by atoms with Gasteiger partial charge in [0, 0.05) is 0 Å². The van der Waals surface area contributed by atoms with Crippen LogP contribution < -0.4 is 21.7 Å². The lowest BCUT2D eigenvalue weighted by Crippen LogP contribution is -2.57. The quantitative estimate of drug-likeness (QED) is 0.254. The molecule has 0 aliphatic carbocycles. The third-order valence-electron chi connectivity index (χ3n) is 4.42. The zero-order valence-electron chi connectivity index (χ0n) is 20.1. The van der Waals surface area contributed by atoms with E-state index in [1.807, 2.05) is 13.8 Å². The lowest BCUT2D eigenvalue weighted by Gasteiger charge is -2.28. The average molecular weight is 443 g/mol. The van der Waals surface area contributed by atoms with Gasteiger partial charge in [-0.2, -0.15) is 0 Å². The molecule has 0 aromatic rings. The molecule has 5 N–H and O–H groups in total. The Hall–Kier alpha value is -2.16. The summed E-state index contributed by atoms with van der Waals surface area (Å²) in [4.78, 5) is 49.2. The zero-order valence-corrected chi connectivity index (χ0v) is 20.1. The van der Waals surface area contributed by atoms with E-state index in [2.05, 4.69) is 16.0 Å². The normalized spacial score (nSPS) is 14.5. The number of aldehydes is 1. The van der Waals surface area contributed by atoms with Gasteiger partial charge in [0.2, 0.25) is 11.8 Å². The highest BCUT2D eigenvalue weighted by atomic mass is 16.6. The third kappa shape index (κ3) is 13.0. The minimum absolute atomic E-state index is 0.124. The SMILES string of the molecule is CC(C)C[C@H](NC(=O)[C@H](NC(=O)OC(C)(C)C)C(C)C)C(=O)N[C@H](C=O)CCCCN. The monoisotopic (exact) mass is 442 g/mol. The van der Waals surface area contributed by atoms with Gasteiger partial charge in [-0.15, -0.1) is 0 Å². The van der Waals surface area contributed by atoms with Crippen LogP contribution in [0.3, 0.4) is 0 Å². The molecule has 31 heavy (non-hydrogen) atoms. The van der Waals surface area contributed by atoms with Crippen LogP contribution in [0.15, 0.2) is 0 Å². The minimum atomic E-state index is -0.872. The molecule has 0 heterocycles. The summed E-state index contributed by atoms with van der Waals surface area (Å²) in [6, 6.07) is -2.33. The lowest BCUT2D eigenvalue weighted by atomic mass is 9.99. The minimum Gasteiger partial charge on any atom is -0.444 e. The highest BCUT2D eigenvalue weighted by molar-refractivity contribution is 5.92. The van der Waals surface area contributed by atoms with Crippen LogP contribution in [0.4, 0.5) is 4.79 Å². The summed E-state index contributed by atoms with van der Waals surface area (Å²) in [6.07, 6.45) is 2.36. The predicted molar refractivity (Wildman–Crippen MR) is 120 cm³/mol. The third-order valence-corrected chi connectivity index (χ3v) is 4.42. The van der Waals surface area contributed by atoms with Crippen molar-refractivity contribution in [2.75, 3.05) is 6.54 Å². The molecule has 0 aromatic carbocycles. The Morgan fingerprint density at radius 1 is 0.968 bits per heavy atom. The topological polar surface area (TPSA) is 140 Å². The van der Waals surface area contributed by atoms with Crippen molar-refractivity contribution < 1.29 is 23.9 Å². The Balaban J connectivity index is 5.23. The lowest BCUT2D eigenvalue weighted by molar-refractivity contribution is -0.131. The molecule has 3 amide bonds. The smallest absolute Gasteiger partial charge is 0.408 e. The number of nitrogens with two attached hydrogens (primary N) is 1. The van der Waals surface area contributed by atoms with E-state index in [1.165, 1.54) is 0 Å². The molecule has 0 bridgehead atoms. The van der Waals surface area contributed by atoms with E-state index in [0.29, 0.717) is 25.7 Å². The summed E-state index contributed by atoms with van der Waals surface area (Å²) in [5.41, 5.74) is 4.78. The van der Waals surface area contributed by atoms with Crippen molar-refractivity contribution in [2.24, 2.45) is 17.6 Å². The van der Waals surface area contributed by atoms with Crippen molar-refractivity contribution >= 4 is 24.2 Å². The number of hydrogen-bond acceptors (Lipinski definition) is 6. The van der Waals surface area contributed by atoms with Gasteiger partial charge in [0.1, 0.15) is 24.0 Å². The van der Waals surface area contributed by atoms with E-state index in [1.54, 1.807) is 34.6 Å². The van der Waals surface area contributed by atoms with Crippen LogP contribution in [0.2, 0.25) is 0 Å². The highest BCUT2D eigenvalue weighted by Crippen LogP contribution is 2.11. The number of rotatable bonds is 13. The predicted octanol–water partition coefficient (Wildman–Crippen LogP) is 1.88. The second-order valence-corrected chi connectivity index (χ2v) is 9.59. The van der Waals surface area contributed by atoms with Gasteiger partial charge in [-0.3, -0.25) is 9.59 Å². The Morgan fingerprint density at radius 3 is 2.03 bits per heavy atom. The van der Waals surface area contributed by atoms with Gasteiger partial charge in [-0.1, -0.05) is 27.7 Å². The summed E-state index contributed by atoms with van der Waals surface area (Å²) < 4.78 is 5.24. The second-order valence-electron chi connectivity index (χ2n) is 9.59. The number of alkyl carbamates (subject to hydrolysis) is 1. The summed E-state index contributed by atoms with van der Waals surface area (Å²) in [5.74, 6) is -1.01. The summed E-state index contributed by atoms with van der Waals surface area (Å²) >= 11 is 0. The van der Waals surface area contributed by atoms with E-state index < -0.39 is 41.6 Å². The van der Waals surface area contributed by atoms with Crippen molar-refractivity contribution in [3.63, 3.8) is 0 Å². The van der Waals surface area contributed by atoms with Gasteiger partial charge in [0.25, 0.3) is 0 Å². The molecule has 0 aromatic heterocycles. The number of hydrogen-bond donors (Lipinski definition) is 4. The van der Waals surface area contributed by atoms with Crippen molar-refractivity contribution in [2.45, 2.75) is 97.9 Å². The number of amides is 3. The molecule has 0 rings (SSSR count). The molecule has 0 aliphatic heterocycles. The van der Waals surface area contributed by atoms with Gasteiger partial charge in [-0.25, -0.2) is 4.79 Å². The number of ether oxygens (including phenoxy) is 1. The van der Waals surface area contributed by atoms with Crippen molar-refractivity contribution in [3.8, 4) is 0 Å². The van der Waals surface area contributed by atoms with Crippen LogP contribution >= 0.6 is 0 Å². The molecule has 0 unspecified atom stereocenters. The van der Waals surface area contributed by atoms with Gasteiger partial charge in [-0.05, 0) is 64.8 Å². The number of nitrogens with one attached hydrogen (secondary N) is 3. The van der Waals surface area contributed by atoms with Gasteiger partial charge >= 0.3 is 6.09 Å². The fraction of sp³-hybridized carbons (Fsp3) is 0.818. The van der Waals surface area contributed by atoms with E-state index in [0.717, 1.165) is 12.8 Å². The van der Waals surface area contributed by atoms with Crippen LogP contribution in [0.5, 0.6) is 0 Å². The molecular weight excluding hydrogens is 400 g/mol. The molecule has 0 aliphatic rings. The molecule has 3 atom stereocenters. The standard InChI is InChI=1S/C22H42N4O5/c1-14(2)12-17(19(28)24-16(13-27)10-8-9-11-23)25-20(29)18(15(3)4)26-21(30)31-22(5,6)7/h13-18H,8-12,23H2,1-7H3,(H,24,28)(H,25,29)(H,26,30)/t16-,17-,18+/m0/s1. The van der Waals surface area contributed by atoms with Crippen LogP contribution in [-0.2, 0) is 19.1 Å². The number of unbranched alkanes of at least 4 members (excludes halogenated alkanes) is 1. The zero-order chi connectivity index (χ0) is 24.2. The number of carbonyl (C=O) groups excluding carboxylic acids is 4. The first-order chi connectivity index (χ1) is 14.3. The van der Waals surface area contributed by atoms with Gasteiger partial charge in [0.05, 0.1) is 6.04 Å². The summed E-state index contributed by atoms with van der Waals surface area (Å²) in [6.45, 7) is 13.2. The Labute approximate surface area is 186 Å². The highest BCUT2D eigenvalue weighted by Gasteiger charge is 2.31. The fourth-order valence-corrected chi connectivity index (χ4v) is 2.90. The average Bonchev–Trinajstić information content (AvgIpc) is 2.62.